The number of nitrogens with zero attached hydrogens (tertiary/aromatic N) is 2. The molecule has 1 heterocycles. The number of methoxy groups -OCH3 is 1. The van der Waals surface area contributed by atoms with Gasteiger partial charge in [-0.2, -0.15) is 0 Å². The van der Waals surface area contributed by atoms with Crippen molar-refractivity contribution in [3.63, 3.8) is 0 Å². The first-order valence-corrected chi connectivity index (χ1v) is 15.1. The Bertz CT molecular complexity index is 1160. The van der Waals surface area contributed by atoms with Gasteiger partial charge >= 0.3 is 0 Å². The first-order chi connectivity index (χ1) is 20.4. The Hall–Kier alpha value is -2.76. The van der Waals surface area contributed by atoms with E-state index >= 15 is 0 Å². The Labute approximate surface area is 261 Å². The van der Waals surface area contributed by atoms with Gasteiger partial charge in [-0.25, -0.2) is 4.39 Å². The normalized spacial score (nSPS) is 15.0. The number of nitrogens with one attached hydrogen (secondary N) is 3. The first-order valence-electron chi connectivity index (χ1n) is 14.7. The number of amides is 1. The Morgan fingerprint density at radius 2 is 1.77 bits per heavy atom. The Balaban J connectivity index is 0.00000206. The second-order valence-electron chi connectivity index (χ2n) is 11.9. The van der Waals surface area contributed by atoms with Crippen LogP contribution in [0, 0.1) is 12.7 Å². The number of aryl methyl sites for hydroxylation is 1. The van der Waals surface area contributed by atoms with Crippen molar-refractivity contribution in [1.29, 1.82) is 0 Å². The SMILES string of the molecule is COCC(C)NCc1cc(F)ccc1N1CCN(C(=O)C(Cc2ccc(C)cc2Cl)NCCNC(C)(C)C)CC1.O=CO. The molecule has 2 aromatic rings. The standard InChI is InChI=1S/C31H47ClFN5O2.CH2O2/c1-22-7-8-24(27(32)17-22)19-28(34-11-12-36-31(3,4)5)30(39)38-15-13-37(14-16-38)29-10-9-26(33)18-25(29)20-35-23(2)21-40-6;2-1-3/h7-10,17-18,23,28,34-36H,11-16,19-21H2,1-6H3;1H,(H,2,3). The van der Waals surface area contributed by atoms with Crippen molar-refractivity contribution in [2.24, 2.45) is 0 Å². The molecule has 1 fully saturated rings. The molecule has 2 atom stereocenters. The Morgan fingerprint density at radius 1 is 1.09 bits per heavy atom. The number of carbonyl (C=O) groups is 2. The highest BCUT2D eigenvalue weighted by atomic mass is 35.5. The largest absolute Gasteiger partial charge is 0.483 e. The minimum atomic E-state index is -0.374. The fraction of sp³-hybridized carbons (Fsp3) is 0.562. The van der Waals surface area contributed by atoms with Gasteiger partial charge in [0.1, 0.15) is 5.82 Å². The fourth-order valence-electron chi connectivity index (χ4n) is 4.95. The van der Waals surface area contributed by atoms with E-state index in [1.807, 2.05) is 43.0 Å². The van der Waals surface area contributed by atoms with Crippen LogP contribution in [0.5, 0.6) is 0 Å². The summed E-state index contributed by atoms with van der Waals surface area (Å²) in [5.74, 6) is -0.167. The molecular weight excluding hydrogens is 573 g/mol. The maximum Gasteiger partial charge on any atom is 0.290 e. The quantitative estimate of drug-likeness (QED) is 0.198. The topological polar surface area (TPSA) is 106 Å². The van der Waals surface area contributed by atoms with Gasteiger partial charge in [0.25, 0.3) is 6.47 Å². The molecule has 1 amide bonds. The van der Waals surface area contributed by atoms with Crippen molar-refractivity contribution in [2.45, 2.75) is 65.2 Å². The van der Waals surface area contributed by atoms with Crippen LogP contribution >= 0.6 is 11.6 Å². The average molecular weight is 622 g/mol. The molecule has 1 aliphatic rings. The third kappa shape index (κ3) is 12.8. The second-order valence-corrected chi connectivity index (χ2v) is 12.3. The zero-order valence-electron chi connectivity index (χ0n) is 26.4. The number of halogens is 2. The van der Waals surface area contributed by atoms with Crippen LogP contribution in [0.4, 0.5) is 10.1 Å². The molecule has 0 bridgehead atoms. The monoisotopic (exact) mass is 621 g/mol. The molecule has 0 spiro atoms. The number of hydrogen-bond donors (Lipinski definition) is 4. The number of carbonyl (C=O) groups excluding carboxylic acids is 1. The third-order valence-corrected chi connectivity index (χ3v) is 7.48. The van der Waals surface area contributed by atoms with Gasteiger partial charge in [-0.05, 0) is 82.0 Å². The number of anilines is 1. The van der Waals surface area contributed by atoms with Gasteiger partial charge in [-0.3, -0.25) is 9.59 Å². The lowest BCUT2D eigenvalue weighted by molar-refractivity contribution is -0.133. The number of carboxylic acid groups (broad SMARTS) is 1. The number of piperazine rings is 1. The van der Waals surface area contributed by atoms with Crippen molar-refractivity contribution in [1.82, 2.24) is 20.9 Å². The summed E-state index contributed by atoms with van der Waals surface area (Å²) in [4.78, 5) is 26.3. The summed E-state index contributed by atoms with van der Waals surface area (Å²) < 4.78 is 19.3. The molecular formula is C32H49ClFN5O4. The van der Waals surface area contributed by atoms with Gasteiger partial charge < -0.3 is 35.6 Å². The minimum Gasteiger partial charge on any atom is -0.483 e. The minimum absolute atomic E-state index is 0.00826. The molecule has 0 aromatic heterocycles. The molecule has 0 aliphatic carbocycles. The summed E-state index contributed by atoms with van der Waals surface area (Å²) in [5.41, 5.74) is 3.97. The van der Waals surface area contributed by atoms with Crippen LogP contribution in [0.3, 0.4) is 0 Å². The predicted octanol–water partition coefficient (Wildman–Crippen LogP) is 3.85. The van der Waals surface area contributed by atoms with E-state index in [0.717, 1.165) is 28.9 Å². The van der Waals surface area contributed by atoms with E-state index in [4.69, 9.17) is 26.2 Å². The molecule has 2 unspecified atom stereocenters. The van der Waals surface area contributed by atoms with Crippen LogP contribution in [-0.2, 0) is 27.3 Å². The lowest BCUT2D eigenvalue weighted by Crippen LogP contribution is -2.55. The number of rotatable bonds is 13. The van der Waals surface area contributed by atoms with Crippen LogP contribution < -0.4 is 20.9 Å². The van der Waals surface area contributed by atoms with Gasteiger partial charge in [0.15, 0.2) is 0 Å². The first kappa shape index (κ1) is 36.4. The molecule has 4 N–H and O–H groups in total. The van der Waals surface area contributed by atoms with E-state index in [-0.39, 0.29) is 35.8 Å². The second kappa shape index (κ2) is 18.1. The van der Waals surface area contributed by atoms with E-state index in [1.54, 1.807) is 13.2 Å². The highest BCUT2D eigenvalue weighted by Gasteiger charge is 2.29. The van der Waals surface area contributed by atoms with Crippen LogP contribution in [0.1, 0.15) is 44.4 Å². The molecule has 240 valence electrons. The summed E-state index contributed by atoms with van der Waals surface area (Å²) in [6.45, 7) is 15.3. The molecule has 1 saturated heterocycles. The summed E-state index contributed by atoms with van der Waals surface area (Å²) in [5, 5.41) is 18.0. The van der Waals surface area contributed by atoms with Gasteiger partial charge in [-0.1, -0.05) is 23.7 Å². The Morgan fingerprint density at radius 3 is 2.37 bits per heavy atom. The van der Waals surface area contributed by atoms with Crippen LogP contribution in [0.25, 0.3) is 0 Å². The zero-order chi connectivity index (χ0) is 32.0. The lowest BCUT2D eigenvalue weighted by atomic mass is 10.0. The molecule has 43 heavy (non-hydrogen) atoms. The molecule has 0 radical (unpaired) electrons. The molecule has 9 nitrogen and oxygen atoms in total. The van der Waals surface area contributed by atoms with E-state index in [1.165, 1.54) is 6.07 Å². The number of hydrogen-bond acceptors (Lipinski definition) is 7. The summed E-state index contributed by atoms with van der Waals surface area (Å²) >= 11 is 6.55. The fourth-order valence-corrected chi connectivity index (χ4v) is 5.27. The molecule has 3 rings (SSSR count). The molecule has 11 heteroatoms. The highest BCUT2D eigenvalue weighted by molar-refractivity contribution is 6.31. The van der Waals surface area contributed by atoms with Gasteiger partial charge in [-0.15, -0.1) is 0 Å². The summed E-state index contributed by atoms with van der Waals surface area (Å²) in [6, 6.07) is 10.7. The van der Waals surface area contributed by atoms with Crippen molar-refractivity contribution in [3.8, 4) is 0 Å². The van der Waals surface area contributed by atoms with Gasteiger partial charge in [0.2, 0.25) is 5.91 Å². The summed E-state index contributed by atoms with van der Waals surface area (Å²) in [7, 11) is 1.67. The Kier molecular flexibility index (Phi) is 15.4. The van der Waals surface area contributed by atoms with Crippen LogP contribution in [0.15, 0.2) is 36.4 Å². The van der Waals surface area contributed by atoms with Gasteiger partial charge in [0.05, 0.1) is 12.6 Å². The lowest BCUT2D eigenvalue weighted by Gasteiger charge is -2.38. The van der Waals surface area contributed by atoms with E-state index < -0.39 is 0 Å². The van der Waals surface area contributed by atoms with Crippen molar-refractivity contribution < 1.29 is 23.8 Å². The smallest absolute Gasteiger partial charge is 0.290 e. The van der Waals surface area contributed by atoms with E-state index in [0.29, 0.717) is 57.3 Å². The van der Waals surface area contributed by atoms with E-state index in [2.05, 4.69) is 41.6 Å². The maximum absolute atomic E-state index is 14.1. The van der Waals surface area contributed by atoms with Crippen molar-refractivity contribution in [2.75, 3.05) is 57.9 Å². The maximum atomic E-state index is 14.1. The summed E-state index contributed by atoms with van der Waals surface area (Å²) in [6.07, 6.45) is 0.529. The number of benzene rings is 2. The highest BCUT2D eigenvalue weighted by Crippen LogP contribution is 2.24. The zero-order valence-corrected chi connectivity index (χ0v) is 27.1. The molecule has 0 saturated carbocycles. The third-order valence-electron chi connectivity index (χ3n) is 7.13. The van der Waals surface area contributed by atoms with Crippen molar-refractivity contribution in [3.05, 3.63) is 63.9 Å². The predicted molar refractivity (Wildman–Crippen MR) is 172 cm³/mol. The number of ether oxygens (including phenoxy) is 1. The average Bonchev–Trinajstić information content (AvgIpc) is 2.94. The molecule has 2 aromatic carbocycles. The van der Waals surface area contributed by atoms with Gasteiger partial charge in [0, 0.05) is 75.2 Å². The van der Waals surface area contributed by atoms with E-state index in [9.17, 15) is 9.18 Å². The van der Waals surface area contributed by atoms with Crippen LogP contribution in [0.2, 0.25) is 5.02 Å². The van der Waals surface area contributed by atoms with Crippen LogP contribution in [-0.4, -0.2) is 93.0 Å². The molecule has 1 aliphatic heterocycles. The van der Waals surface area contributed by atoms with Crippen molar-refractivity contribution >= 4 is 29.7 Å².